The van der Waals surface area contributed by atoms with E-state index < -0.39 is 6.10 Å². The highest BCUT2D eigenvalue weighted by molar-refractivity contribution is 4.82. The first-order valence-corrected chi connectivity index (χ1v) is 7.98. The molecule has 1 aliphatic rings. The Morgan fingerprint density at radius 2 is 2.19 bits per heavy atom. The Balaban J connectivity index is 1.50. The standard InChI is InChI=1S/C15H28N4O2/c1-12-3-5-14(6-4-12)21-10-13(20)9-16-8-7-15-17-11-19(2)18-15/h11-14,16,20H,3-10H2,1-2H3. The third-order valence-electron chi connectivity index (χ3n) is 4.04. The number of rotatable bonds is 8. The number of aliphatic hydroxyl groups excluding tert-OH is 1. The summed E-state index contributed by atoms with van der Waals surface area (Å²) in [5.41, 5.74) is 0. The minimum atomic E-state index is -0.443. The Labute approximate surface area is 126 Å². The molecule has 1 fully saturated rings. The van der Waals surface area contributed by atoms with Gasteiger partial charge in [0.1, 0.15) is 6.33 Å². The van der Waals surface area contributed by atoms with Crippen LogP contribution in [-0.4, -0.2) is 51.8 Å². The zero-order valence-electron chi connectivity index (χ0n) is 13.2. The van der Waals surface area contributed by atoms with E-state index in [4.69, 9.17) is 4.74 Å². The van der Waals surface area contributed by atoms with Gasteiger partial charge in [0.25, 0.3) is 0 Å². The number of nitrogens with one attached hydrogen (secondary N) is 1. The molecule has 1 aromatic heterocycles. The average Bonchev–Trinajstić information content (AvgIpc) is 2.89. The molecule has 21 heavy (non-hydrogen) atoms. The number of nitrogens with zero attached hydrogens (tertiary/aromatic N) is 3. The molecule has 120 valence electrons. The number of hydrogen-bond acceptors (Lipinski definition) is 5. The molecule has 6 nitrogen and oxygen atoms in total. The molecule has 0 aromatic carbocycles. The van der Waals surface area contributed by atoms with Gasteiger partial charge in [-0.15, -0.1) is 0 Å². The van der Waals surface area contributed by atoms with Crippen molar-refractivity contribution < 1.29 is 9.84 Å². The Morgan fingerprint density at radius 3 is 2.86 bits per heavy atom. The van der Waals surface area contributed by atoms with Crippen molar-refractivity contribution in [2.24, 2.45) is 13.0 Å². The Hall–Kier alpha value is -0.980. The van der Waals surface area contributed by atoms with Crippen LogP contribution in [0.2, 0.25) is 0 Å². The van der Waals surface area contributed by atoms with Crippen LogP contribution in [0.5, 0.6) is 0 Å². The normalized spacial score (nSPS) is 24.1. The van der Waals surface area contributed by atoms with Gasteiger partial charge in [-0.25, -0.2) is 4.98 Å². The van der Waals surface area contributed by atoms with Crippen molar-refractivity contribution in [3.8, 4) is 0 Å². The minimum absolute atomic E-state index is 0.341. The van der Waals surface area contributed by atoms with E-state index in [0.717, 1.165) is 37.5 Å². The van der Waals surface area contributed by atoms with Crippen LogP contribution in [0.3, 0.4) is 0 Å². The fourth-order valence-corrected chi connectivity index (χ4v) is 2.67. The van der Waals surface area contributed by atoms with Crippen molar-refractivity contribution in [2.75, 3.05) is 19.7 Å². The lowest BCUT2D eigenvalue weighted by atomic mass is 9.89. The number of aliphatic hydroxyl groups is 1. The zero-order chi connectivity index (χ0) is 15.1. The van der Waals surface area contributed by atoms with E-state index in [-0.39, 0.29) is 0 Å². The maximum absolute atomic E-state index is 9.91. The third kappa shape index (κ3) is 6.11. The van der Waals surface area contributed by atoms with Crippen molar-refractivity contribution >= 4 is 0 Å². The van der Waals surface area contributed by atoms with E-state index in [1.807, 2.05) is 7.05 Å². The first kappa shape index (κ1) is 16.4. The van der Waals surface area contributed by atoms with E-state index in [9.17, 15) is 5.11 Å². The van der Waals surface area contributed by atoms with E-state index in [0.29, 0.717) is 19.3 Å². The van der Waals surface area contributed by atoms with E-state index >= 15 is 0 Å². The lowest BCUT2D eigenvalue weighted by Gasteiger charge is -2.27. The Bertz CT molecular complexity index is 402. The van der Waals surface area contributed by atoms with Gasteiger partial charge in [-0.05, 0) is 31.6 Å². The molecule has 1 aromatic rings. The fraction of sp³-hybridized carbons (Fsp3) is 0.867. The van der Waals surface area contributed by atoms with Crippen molar-refractivity contribution in [3.63, 3.8) is 0 Å². The van der Waals surface area contributed by atoms with Crippen molar-refractivity contribution in [3.05, 3.63) is 12.2 Å². The second-order valence-electron chi connectivity index (χ2n) is 6.16. The number of hydrogen-bond donors (Lipinski definition) is 2. The second-order valence-corrected chi connectivity index (χ2v) is 6.16. The van der Waals surface area contributed by atoms with Crippen LogP contribution in [0.15, 0.2) is 6.33 Å². The first-order chi connectivity index (χ1) is 10.1. The quantitative estimate of drug-likeness (QED) is 0.698. The SMILES string of the molecule is CC1CCC(OCC(O)CNCCc2ncn(C)n2)CC1. The summed E-state index contributed by atoms with van der Waals surface area (Å²) >= 11 is 0. The zero-order valence-corrected chi connectivity index (χ0v) is 13.2. The molecular weight excluding hydrogens is 268 g/mol. The summed E-state index contributed by atoms with van der Waals surface area (Å²) in [6, 6.07) is 0. The summed E-state index contributed by atoms with van der Waals surface area (Å²) in [5.74, 6) is 1.66. The second kappa shape index (κ2) is 8.46. The highest BCUT2D eigenvalue weighted by Gasteiger charge is 2.19. The van der Waals surface area contributed by atoms with Crippen LogP contribution in [0.4, 0.5) is 0 Å². The lowest BCUT2D eigenvalue weighted by molar-refractivity contribution is -0.0277. The molecule has 1 atom stereocenters. The summed E-state index contributed by atoms with van der Waals surface area (Å²) in [6.07, 6.45) is 7.12. The van der Waals surface area contributed by atoms with Crippen molar-refractivity contribution in [1.82, 2.24) is 20.1 Å². The van der Waals surface area contributed by atoms with Crippen LogP contribution in [-0.2, 0) is 18.2 Å². The summed E-state index contributed by atoms with van der Waals surface area (Å²) in [5, 5.41) is 17.3. The third-order valence-corrected chi connectivity index (χ3v) is 4.04. The molecule has 0 aliphatic heterocycles. The maximum Gasteiger partial charge on any atom is 0.151 e. The van der Waals surface area contributed by atoms with Crippen LogP contribution in [0.1, 0.15) is 38.4 Å². The lowest BCUT2D eigenvalue weighted by Crippen LogP contribution is -2.33. The Morgan fingerprint density at radius 1 is 1.43 bits per heavy atom. The summed E-state index contributed by atoms with van der Waals surface area (Å²) in [4.78, 5) is 4.16. The van der Waals surface area contributed by atoms with Crippen molar-refractivity contribution in [1.29, 1.82) is 0 Å². The first-order valence-electron chi connectivity index (χ1n) is 7.98. The van der Waals surface area contributed by atoms with Gasteiger partial charge in [0.2, 0.25) is 0 Å². The highest BCUT2D eigenvalue weighted by atomic mass is 16.5. The largest absolute Gasteiger partial charge is 0.389 e. The fourth-order valence-electron chi connectivity index (χ4n) is 2.67. The van der Waals surface area contributed by atoms with Gasteiger partial charge in [0.15, 0.2) is 5.82 Å². The highest BCUT2D eigenvalue weighted by Crippen LogP contribution is 2.25. The van der Waals surface area contributed by atoms with Crippen LogP contribution >= 0.6 is 0 Å². The molecule has 1 saturated carbocycles. The molecule has 1 unspecified atom stereocenters. The van der Waals surface area contributed by atoms with Crippen LogP contribution in [0.25, 0.3) is 0 Å². The monoisotopic (exact) mass is 296 g/mol. The molecule has 0 saturated heterocycles. The maximum atomic E-state index is 9.91. The van der Waals surface area contributed by atoms with Crippen LogP contribution in [0, 0.1) is 5.92 Å². The molecule has 0 radical (unpaired) electrons. The molecule has 1 aliphatic carbocycles. The molecular formula is C15H28N4O2. The van der Waals surface area contributed by atoms with Gasteiger partial charge < -0.3 is 15.2 Å². The molecule has 0 spiro atoms. The van der Waals surface area contributed by atoms with Gasteiger partial charge in [0, 0.05) is 26.6 Å². The predicted octanol–water partition coefficient (Wildman–Crippen LogP) is 0.903. The number of aromatic nitrogens is 3. The van der Waals surface area contributed by atoms with E-state index in [2.05, 4.69) is 22.3 Å². The molecule has 6 heteroatoms. The van der Waals surface area contributed by atoms with Gasteiger partial charge in [-0.1, -0.05) is 6.92 Å². The topological polar surface area (TPSA) is 72.2 Å². The van der Waals surface area contributed by atoms with Gasteiger partial charge in [0.05, 0.1) is 18.8 Å². The van der Waals surface area contributed by atoms with Crippen LogP contribution < -0.4 is 5.32 Å². The minimum Gasteiger partial charge on any atom is -0.389 e. The molecule has 0 amide bonds. The van der Waals surface area contributed by atoms with E-state index in [1.54, 1.807) is 11.0 Å². The molecule has 1 heterocycles. The van der Waals surface area contributed by atoms with Gasteiger partial charge >= 0.3 is 0 Å². The summed E-state index contributed by atoms with van der Waals surface area (Å²) in [6.45, 7) is 4.04. The molecule has 0 bridgehead atoms. The molecule has 2 N–H and O–H groups in total. The number of ether oxygens (including phenoxy) is 1. The molecule has 2 rings (SSSR count). The summed E-state index contributed by atoms with van der Waals surface area (Å²) < 4.78 is 7.49. The smallest absolute Gasteiger partial charge is 0.151 e. The Kier molecular flexibility index (Phi) is 6.60. The van der Waals surface area contributed by atoms with Gasteiger partial charge in [-0.2, -0.15) is 5.10 Å². The van der Waals surface area contributed by atoms with Gasteiger partial charge in [-0.3, -0.25) is 4.68 Å². The van der Waals surface area contributed by atoms with E-state index in [1.165, 1.54) is 12.8 Å². The average molecular weight is 296 g/mol. The predicted molar refractivity (Wildman–Crippen MR) is 81.0 cm³/mol. The van der Waals surface area contributed by atoms with Crippen molar-refractivity contribution in [2.45, 2.75) is 51.2 Å². The summed E-state index contributed by atoms with van der Waals surface area (Å²) in [7, 11) is 1.86. The number of aryl methyl sites for hydroxylation is 1.